The second kappa shape index (κ2) is 8.34. The van der Waals surface area contributed by atoms with E-state index in [0.717, 1.165) is 21.6 Å². The third kappa shape index (κ3) is 3.91. The van der Waals surface area contributed by atoms with Gasteiger partial charge in [-0.2, -0.15) is 8.75 Å². The van der Waals surface area contributed by atoms with E-state index in [9.17, 15) is 13.2 Å². The highest BCUT2D eigenvalue weighted by Gasteiger charge is 2.37. The summed E-state index contributed by atoms with van der Waals surface area (Å²) in [5.74, 6) is -0.626. The number of hydrogen-bond acceptors (Lipinski definition) is 7. The molecule has 0 saturated heterocycles. The van der Waals surface area contributed by atoms with Gasteiger partial charge in [0.1, 0.15) is 15.9 Å². The molecule has 2 unspecified atom stereocenters. The van der Waals surface area contributed by atoms with Gasteiger partial charge in [-0.05, 0) is 37.5 Å². The van der Waals surface area contributed by atoms with Crippen molar-refractivity contribution in [3.05, 3.63) is 54.1 Å². The highest BCUT2D eigenvalue weighted by molar-refractivity contribution is 7.90. The zero-order valence-electron chi connectivity index (χ0n) is 15.6. The molecule has 1 heterocycles. The third-order valence-electron chi connectivity index (χ3n) is 4.61. The Kier molecular flexibility index (Phi) is 6.07. The lowest BCUT2D eigenvalue weighted by Gasteiger charge is -2.30. The fourth-order valence-electron chi connectivity index (χ4n) is 2.95. The van der Waals surface area contributed by atoms with Gasteiger partial charge in [-0.25, -0.2) is 12.7 Å². The van der Waals surface area contributed by atoms with Crippen molar-refractivity contribution in [1.82, 2.24) is 13.1 Å². The molecule has 9 heteroatoms. The van der Waals surface area contributed by atoms with Crippen molar-refractivity contribution in [1.29, 1.82) is 0 Å². The van der Waals surface area contributed by atoms with E-state index in [4.69, 9.17) is 5.73 Å². The van der Waals surface area contributed by atoms with Crippen molar-refractivity contribution in [2.75, 3.05) is 0 Å². The van der Waals surface area contributed by atoms with Crippen molar-refractivity contribution in [3.63, 3.8) is 0 Å². The number of hydrogen-bond donors (Lipinski definition) is 1. The topological polar surface area (TPSA) is 106 Å². The van der Waals surface area contributed by atoms with Crippen molar-refractivity contribution < 1.29 is 13.2 Å². The zero-order chi connectivity index (χ0) is 20.3. The van der Waals surface area contributed by atoms with Crippen LogP contribution in [0.4, 0.5) is 0 Å². The minimum atomic E-state index is -4.14. The van der Waals surface area contributed by atoms with Crippen LogP contribution in [-0.4, -0.2) is 39.5 Å². The fraction of sp³-hybridized carbons (Fsp3) is 0.316. The first-order valence-corrected chi connectivity index (χ1v) is 11.1. The van der Waals surface area contributed by atoms with Crippen molar-refractivity contribution >= 4 is 38.7 Å². The molecular formula is C19H22N4O3S2. The molecule has 2 aromatic carbocycles. The Bertz CT molecular complexity index is 1070. The molecule has 0 aliphatic heterocycles. The minimum absolute atomic E-state index is 0.0284. The number of nitrogens with two attached hydrogens (primary N) is 1. The molecule has 0 fully saturated rings. The molecule has 2 atom stereocenters. The van der Waals surface area contributed by atoms with Gasteiger partial charge in [-0.15, -0.1) is 0 Å². The maximum atomic E-state index is 13.4. The van der Waals surface area contributed by atoms with Crippen LogP contribution in [-0.2, 0) is 21.2 Å². The minimum Gasteiger partial charge on any atom is -0.320 e. The molecular weight excluding hydrogens is 396 g/mol. The number of nitrogens with zero attached hydrogens (tertiary/aromatic N) is 3. The van der Waals surface area contributed by atoms with Gasteiger partial charge in [0.25, 0.3) is 15.9 Å². The third-order valence-corrected chi connectivity index (χ3v) is 7.10. The second-order valence-corrected chi connectivity index (χ2v) is 8.89. The molecule has 1 amide bonds. The van der Waals surface area contributed by atoms with Gasteiger partial charge < -0.3 is 5.73 Å². The summed E-state index contributed by atoms with van der Waals surface area (Å²) in [6.07, 6.45) is 0.721. The van der Waals surface area contributed by atoms with Crippen LogP contribution in [0.15, 0.2) is 53.4 Å². The summed E-state index contributed by atoms with van der Waals surface area (Å²) in [4.78, 5) is 13.1. The Labute approximate surface area is 168 Å². The lowest BCUT2D eigenvalue weighted by molar-refractivity contribution is -0.129. The predicted molar refractivity (Wildman–Crippen MR) is 109 cm³/mol. The van der Waals surface area contributed by atoms with E-state index in [1.54, 1.807) is 19.1 Å². The molecule has 0 aliphatic carbocycles. The van der Waals surface area contributed by atoms with Crippen LogP contribution in [0, 0.1) is 0 Å². The number of sulfonamides is 1. The average Bonchev–Trinajstić information content (AvgIpc) is 3.17. The number of benzene rings is 2. The van der Waals surface area contributed by atoms with Crippen molar-refractivity contribution in [2.24, 2.45) is 5.73 Å². The molecule has 3 rings (SSSR count). The van der Waals surface area contributed by atoms with E-state index in [2.05, 4.69) is 8.75 Å². The van der Waals surface area contributed by atoms with Crippen LogP contribution in [0.1, 0.15) is 25.8 Å². The van der Waals surface area contributed by atoms with Crippen molar-refractivity contribution in [3.8, 4) is 0 Å². The molecule has 7 nitrogen and oxygen atoms in total. The monoisotopic (exact) mass is 418 g/mol. The van der Waals surface area contributed by atoms with Crippen LogP contribution in [0.3, 0.4) is 0 Å². The number of carbonyl (C=O) groups excluding carboxylic acids is 1. The quantitative estimate of drug-likeness (QED) is 0.632. The molecule has 0 aliphatic rings. The number of aromatic nitrogens is 2. The highest BCUT2D eigenvalue weighted by atomic mass is 32.2. The molecule has 148 valence electrons. The van der Waals surface area contributed by atoms with E-state index in [1.807, 2.05) is 37.3 Å². The lowest BCUT2D eigenvalue weighted by Crippen LogP contribution is -2.51. The Morgan fingerprint density at radius 2 is 1.86 bits per heavy atom. The van der Waals surface area contributed by atoms with Crippen molar-refractivity contribution in [2.45, 2.75) is 43.7 Å². The molecule has 0 radical (unpaired) electrons. The normalized spacial score (nSPS) is 14.0. The van der Waals surface area contributed by atoms with Crippen LogP contribution < -0.4 is 5.73 Å². The van der Waals surface area contributed by atoms with Crippen LogP contribution in [0.5, 0.6) is 0 Å². The van der Waals surface area contributed by atoms with Gasteiger partial charge in [-0.1, -0.05) is 43.3 Å². The van der Waals surface area contributed by atoms with E-state index >= 15 is 0 Å². The zero-order valence-corrected chi connectivity index (χ0v) is 17.3. The highest BCUT2D eigenvalue weighted by Crippen LogP contribution is 2.27. The maximum absolute atomic E-state index is 13.4. The summed E-state index contributed by atoms with van der Waals surface area (Å²) in [7, 11) is -4.14. The molecule has 1 aromatic heterocycles. The summed E-state index contributed by atoms with van der Waals surface area (Å²) in [5, 5.41) is 0. The Morgan fingerprint density at radius 1 is 1.14 bits per heavy atom. The van der Waals surface area contributed by atoms with Crippen LogP contribution in [0.2, 0.25) is 0 Å². The van der Waals surface area contributed by atoms with E-state index < -0.39 is 28.0 Å². The van der Waals surface area contributed by atoms with E-state index in [-0.39, 0.29) is 16.8 Å². The van der Waals surface area contributed by atoms with Gasteiger partial charge in [0.2, 0.25) is 0 Å². The second-order valence-electron chi connectivity index (χ2n) is 6.58. The first-order valence-electron chi connectivity index (χ1n) is 8.95. The van der Waals surface area contributed by atoms with Gasteiger partial charge in [0.05, 0.1) is 17.8 Å². The fourth-order valence-corrected chi connectivity index (χ4v) is 5.41. The molecule has 3 aromatic rings. The number of fused-ring (bicyclic) bond motifs is 1. The van der Waals surface area contributed by atoms with Crippen LogP contribution in [0.25, 0.3) is 11.0 Å². The summed E-state index contributed by atoms with van der Waals surface area (Å²) in [6.45, 7) is 3.53. The molecule has 0 spiro atoms. The molecule has 28 heavy (non-hydrogen) atoms. The molecule has 0 bridgehead atoms. The Morgan fingerprint density at radius 3 is 2.54 bits per heavy atom. The smallest absolute Gasteiger partial charge is 0.269 e. The lowest BCUT2D eigenvalue weighted by atomic mass is 10.1. The standard InChI is InChI=1S/C19H22N4O3S2/c1-3-13(2)23(19(24)15(20)12-14-8-5-4-6-9-14)28(25,26)17-11-7-10-16-18(17)22-27-21-16/h4-11,13,15H,3,12,20H2,1-2H3. The van der Waals surface area contributed by atoms with Crippen LogP contribution >= 0.6 is 11.7 Å². The summed E-state index contributed by atoms with van der Waals surface area (Å²) in [5.41, 5.74) is 7.75. The number of amides is 1. The maximum Gasteiger partial charge on any atom is 0.269 e. The first kappa shape index (κ1) is 20.4. The van der Waals surface area contributed by atoms with Gasteiger partial charge in [0.15, 0.2) is 0 Å². The SMILES string of the molecule is CCC(C)N(C(=O)C(N)Cc1ccccc1)S(=O)(=O)c1cccc2nsnc12. The number of carbonyl (C=O) groups is 1. The predicted octanol–water partition coefficient (Wildman–Crippen LogP) is 2.58. The Balaban J connectivity index is 1.99. The van der Waals surface area contributed by atoms with E-state index in [1.165, 1.54) is 6.07 Å². The largest absolute Gasteiger partial charge is 0.320 e. The van der Waals surface area contributed by atoms with Gasteiger partial charge >= 0.3 is 0 Å². The molecule has 2 N–H and O–H groups in total. The summed E-state index contributed by atoms with van der Waals surface area (Å²) >= 11 is 0.933. The number of rotatable bonds is 7. The Hall–Kier alpha value is -2.36. The summed E-state index contributed by atoms with van der Waals surface area (Å²) < 4.78 is 36.0. The van der Waals surface area contributed by atoms with Gasteiger partial charge in [0, 0.05) is 6.04 Å². The van der Waals surface area contributed by atoms with E-state index in [0.29, 0.717) is 11.9 Å². The first-order chi connectivity index (χ1) is 13.4. The average molecular weight is 419 g/mol. The van der Waals surface area contributed by atoms with Gasteiger partial charge in [-0.3, -0.25) is 4.79 Å². The summed E-state index contributed by atoms with van der Waals surface area (Å²) in [6, 6.07) is 12.5. The molecule has 0 saturated carbocycles.